The van der Waals surface area contributed by atoms with E-state index in [0.717, 1.165) is 29.3 Å². The van der Waals surface area contributed by atoms with Crippen LogP contribution in [-0.4, -0.2) is 25.0 Å². The van der Waals surface area contributed by atoms with Gasteiger partial charge in [0.25, 0.3) is 21.6 Å². The topological polar surface area (TPSA) is 135 Å². The molecule has 0 spiro atoms. The Morgan fingerprint density at radius 1 is 0.763 bits per heavy atom. The molecule has 0 aliphatic carbocycles. The molecule has 4 rings (SSSR count). The van der Waals surface area contributed by atoms with Crippen molar-refractivity contribution in [2.45, 2.75) is 18.7 Å². The third-order valence-electron chi connectivity index (χ3n) is 5.74. The van der Waals surface area contributed by atoms with Crippen LogP contribution in [0.1, 0.15) is 37.4 Å². The summed E-state index contributed by atoms with van der Waals surface area (Å²) in [5.41, 5.74) is 1.60. The number of carbonyl (C=O) groups excluding carboxylic acids is 2. The fourth-order valence-corrected chi connectivity index (χ4v) is 4.81. The molecule has 0 aliphatic heterocycles. The number of benzene rings is 4. The molecule has 1 amide bonds. The smallest absolute Gasteiger partial charge is 0.270 e. The normalized spacial score (nSPS) is 11.0. The molecule has 0 heterocycles. The third-order valence-corrected chi connectivity index (χ3v) is 7.12. The number of nitro benzene ring substituents is 1. The lowest BCUT2D eigenvalue weighted by atomic mass is 9.99. The highest BCUT2D eigenvalue weighted by atomic mass is 32.2. The van der Waals surface area contributed by atoms with E-state index in [-0.39, 0.29) is 33.2 Å². The first kappa shape index (κ1) is 26.2. The number of amides is 1. The number of nitro groups is 1. The van der Waals surface area contributed by atoms with Crippen LogP contribution in [0, 0.1) is 24.0 Å². The van der Waals surface area contributed by atoms with Crippen molar-refractivity contribution in [2.75, 3.05) is 10.0 Å². The molecular formula is C28H23N3O6S. The largest absolute Gasteiger partial charge is 0.321 e. The average Bonchev–Trinajstić information content (AvgIpc) is 2.90. The molecule has 38 heavy (non-hydrogen) atoms. The van der Waals surface area contributed by atoms with E-state index in [4.69, 9.17) is 0 Å². The molecule has 0 atom stereocenters. The molecule has 4 aromatic rings. The summed E-state index contributed by atoms with van der Waals surface area (Å²) in [6.07, 6.45) is 0. The van der Waals surface area contributed by atoms with E-state index in [2.05, 4.69) is 10.0 Å². The quantitative estimate of drug-likeness (QED) is 0.176. The van der Waals surface area contributed by atoms with Gasteiger partial charge in [-0.1, -0.05) is 59.7 Å². The fraction of sp³-hybridized carbons (Fsp3) is 0.0714. The van der Waals surface area contributed by atoms with Crippen molar-refractivity contribution < 1.29 is 22.9 Å². The van der Waals surface area contributed by atoms with Gasteiger partial charge in [0, 0.05) is 23.3 Å². The Balaban J connectivity index is 1.72. The first-order chi connectivity index (χ1) is 18.0. The molecule has 0 unspecified atom stereocenters. The molecule has 0 fully saturated rings. The Bertz CT molecular complexity index is 1650. The predicted octanol–water partition coefficient (Wildman–Crippen LogP) is 5.50. The maximum atomic E-state index is 13.4. The molecule has 10 heteroatoms. The van der Waals surface area contributed by atoms with Crippen LogP contribution in [0.4, 0.5) is 17.1 Å². The Kier molecular flexibility index (Phi) is 7.35. The van der Waals surface area contributed by atoms with Crippen molar-refractivity contribution in [1.82, 2.24) is 0 Å². The minimum Gasteiger partial charge on any atom is -0.321 e. The number of non-ortho nitro benzene ring substituents is 1. The molecular weight excluding hydrogens is 506 g/mol. The van der Waals surface area contributed by atoms with E-state index in [1.54, 1.807) is 67.6 Å². The van der Waals surface area contributed by atoms with E-state index in [1.165, 1.54) is 12.1 Å². The average molecular weight is 530 g/mol. The van der Waals surface area contributed by atoms with Gasteiger partial charge in [-0.05, 0) is 44.2 Å². The van der Waals surface area contributed by atoms with E-state index in [9.17, 15) is 28.1 Å². The molecule has 0 saturated heterocycles. The summed E-state index contributed by atoms with van der Waals surface area (Å²) in [7, 11) is -4.11. The zero-order valence-electron chi connectivity index (χ0n) is 20.5. The highest BCUT2D eigenvalue weighted by Gasteiger charge is 2.23. The van der Waals surface area contributed by atoms with Crippen LogP contribution in [0.15, 0.2) is 95.9 Å². The number of anilines is 2. The summed E-state index contributed by atoms with van der Waals surface area (Å²) < 4.78 is 28.3. The van der Waals surface area contributed by atoms with E-state index >= 15 is 0 Å². The lowest BCUT2D eigenvalue weighted by molar-refractivity contribution is -0.384. The van der Waals surface area contributed by atoms with E-state index in [1.807, 2.05) is 6.92 Å². The van der Waals surface area contributed by atoms with E-state index in [0.29, 0.717) is 5.56 Å². The molecule has 0 bridgehead atoms. The second-order valence-electron chi connectivity index (χ2n) is 8.60. The lowest BCUT2D eigenvalue weighted by Gasteiger charge is -2.15. The number of rotatable bonds is 8. The number of carbonyl (C=O) groups is 2. The number of hydrogen-bond donors (Lipinski definition) is 2. The Morgan fingerprint density at radius 3 is 2.05 bits per heavy atom. The molecule has 2 N–H and O–H groups in total. The Morgan fingerprint density at radius 2 is 1.39 bits per heavy atom. The number of aryl methyl sites for hydroxylation is 2. The minimum absolute atomic E-state index is 0.0397. The molecule has 9 nitrogen and oxygen atoms in total. The molecule has 0 aromatic heterocycles. The maximum Gasteiger partial charge on any atom is 0.270 e. The minimum atomic E-state index is -4.11. The van der Waals surface area contributed by atoms with Crippen LogP contribution in [0.25, 0.3) is 0 Å². The third kappa shape index (κ3) is 5.76. The van der Waals surface area contributed by atoms with Gasteiger partial charge in [-0.15, -0.1) is 0 Å². The fourth-order valence-electron chi connectivity index (χ4n) is 3.73. The van der Waals surface area contributed by atoms with Crippen molar-refractivity contribution in [3.63, 3.8) is 0 Å². The first-order valence-electron chi connectivity index (χ1n) is 11.4. The standard InChI is InChI=1S/C28H23N3O6S/c1-18-8-12-22(13-9-18)38(36,37)30-26-15-11-21(31(34)35)17-24(26)28(33)29-25-14-10-19(2)16-23(25)27(32)20-6-4-3-5-7-20/h3-17,30H,1-2H3,(H,29,33). The number of nitrogens with one attached hydrogen (secondary N) is 2. The van der Waals surface area contributed by atoms with Crippen LogP contribution in [-0.2, 0) is 10.0 Å². The van der Waals surface area contributed by atoms with Gasteiger partial charge in [0.05, 0.1) is 26.8 Å². The van der Waals surface area contributed by atoms with Crippen LogP contribution < -0.4 is 10.0 Å². The number of nitrogens with zero attached hydrogens (tertiary/aromatic N) is 1. The highest BCUT2D eigenvalue weighted by Crippen LogP contribution is 2.28. The first-order valence-corrected chi connectivity index (χ1v) is 12.9. The summed E-state index contributed by atoms with van der Waals surface area (Å²) in [4.78, 5) is 37.3. The number of hydrogen-bond acceptors (Lipinski definition) is 6. The number of sulfonamides is 1. The van der Waals surface area contributed by atoms with Crippen molar-refractivity contribution in [2.24, 2.45) is 0 Å². The summed E-state index contributed by atoms with van der Waals surface area (Å²) in [6, 6.07) is 22.7. The van der Waals surface area contributed by atoms with Crippen LogP contribution in [0.5, 0.6) is 0 Å². The molecule has 4 aromatic carbocycles. The predicted molar refractivity (Wildman–Crippen MR) is 144 cm³/mol. The zero-order chi connectivity index (χ0) is 27.4. The Hall–Kier alpha value is -4.83. The van der Waals surface area contributed by atoms with Crippen molar-refractivity contribution in [3.8, 4) is 0 Å². The zero-order valence-corrected chi connectivity index (χ0v) is 21.3. The van der Waals surface area contributed by atoms with Crippen molar-refractivity contribution in [1.29, 1.82) is 0 Å². The maximum absolute atomic E-state index is 13.4. The van der Waals surface area contributed by atoms with Crippen molar-refractivity contribution >= 4 is 38.8 Å². The summed E-state index contributed by atoms with van der Waals surface area (Å²) in [5.74, 6) is -1.16. The van der Waals surface area contributed by atoms with Gasteiger partial charge in [0.2, 0.25) is 0 Å². The summed E-state index contributed by atoms with van der Waals surface area (Å²) in [6.45, 7) is 3.61. The SMILES string of the molecule is Cc1ccc(S(=O)(=O)Nc2ccc([N+](=O)[O-])cc2C(=O)Nc2ccc(C)cc2C(=O)c2ccccc2)cc1. The number of ketones is 1. The Labute approximate surface area is 219 Å². The lowest BCUT2D eigenvalue weighted by Crippen LogP contribution is -2.20. The van der Waals surface area contributed by atoms with Crippen molar-refractivity contribution in [3.05, 3.63) is 129 Å². The van der Waals surface area contributed by atoms with Crippen LogP contribution >= 0.6 is 0 Å². The van der Waals surface area contributed by atoms with Crippen LogP contribution in [0.3, 0.4) is 0 Å². The van der Waals surface area contributed by atoms with E-state index < -0.39 is 26.5 Å². The molecule has 192 valence electrons. The molecule has 0 radical (unpaired) electrons. The van der Waals surface area contributed by atoms with Gasteiger partial charge in [-0.2, -0.15) is 0 Å². The van der Waals surface area contributed by atoms with Gasteiger partial charge in [0.15, 0.2) is 5.78 Å². The second kappa shape index (κ2) is 10.7. The monoisotopic (exact) mass is 529 g/mol. The second-order valence-corrected chi connectivity index (χ2v) is 10.3. The van der Waals surface area contributed by atoms with Gasteiger partial charge >= 0.3 is 0 Å². The van der Waals surface area contributed by atoms with Crippen LogP contribution in [0.2, 0.25) is 0 Å². The van der Waals surface area contributed by atoms with Gasteiger partial charge < -0.3 is 5.32 Å². The van der Waals surface area contributed by atoms with Gasteiger partial charge in [0.1, 0.15) is 0 Å². The van der Waals surface area contributed by atoms with Gasteiger partial charge in [-0.25, -0.2) is 8.42 Å². The molecule has 0 saturated carbocycles. The molecule has 0 aliphatic rings. The summed E-state index contributed by atoms with van der Waals surface area (Å²) in [5, 5.41) is 14.0. The van der Waals surface area contributed by atoms with Gasteiger partial charge in [-0.3, -0.25) is 24.4 Å². The summed E-state index contributed by atoms with van der Waals surface area (Å²) >= 11 is 0. The highest BCUT2D eigenvalue weighted by molar-refractivity contribution is 7.92.